The van der Waals surface area contributed by atoms with Crippen molar-refractivity contribution in [3.63, 3.8) is 0 Å². The van der Waals surface area contributed by atoms with Gasteiger partial charge in [0.15, 0.2) is 0 Å². The van der Waals surface area contributed by atoms with Gasteiger partial charge in [-0.3, -0.25) is 25.0 Å². The number of carbonyl (C=O) groups excluding carboxylic acids is 1. The van der Waals surface area contributed by atoms with E-state index in [9.17, 15) is 25.0 Å². The van der Waals surface area contributed by atoms with Crippen LogP contribution in [0.25, 0.3) is 0 Å². The van der Waals surface area contributed by atoms with E-state index in [0.29, 0.717) is 43.1 Å². The first-order valence-electron chi connectivity index (χ1n) is 8.26. The summed E-state index contributed by atoms with van der Waals surface area (Å²) in [5, 5.41) is 21.6. The van der Waals surface area contributed by atoms with Crippen LogP contribution in [0.5, 0.6) is 0 Å². The number of benzene rings is 1. The van der Waals surface area contributed by atoms with E-state index in [2.05, 4.69) is 4.98 Å². The van der Waals surface area contributed by atoms with Crippen molar-refractivity contribution in [2.24, 2.45) is 0 Å². The van der Waals surface area contributed by atoms with Crippen LogP contribution < -0.4 is 4.90 Å². The second-order valence-corrected chi connectivity index (χ2v) is 6.17. The third-order valence-corrected chi connectivity index (χ3v) is 4.48. The van der Waals surface area contributed by atoms with Crippen LogP contribution in [-0.2, 0) is 0 Å². The number of rotatable bonds is 4. The van der Waals surface area contributed by atoms with Crippen molar-refractivity contribution < 1.29 is 14.6 Å². The van der Waals surface area contributed by atoms with E-state index >= 15 is 0 Å². The summed E-state index contributed by atoms with van der Waals surface area (Å²) in [5.74, 6) is 0.456. The highest BCUT2D eigenvalue weighted by Gasteiger charge is 2.24. The molecule has 2 aromatic rings. The highest BCUT2D eigenvalue weighted by molar-refractivity contribution is 5.94. The molecule has 10 heteroatoms. The number of non-ortho nitro benzene ring substituents is 1. The molecule has 0 atom stereocenters. The smallest absolute Gasteiger partial charge is 0.290 e. The first-order valence-corrected chi connectivity index (χ1v) is 8.26. The van der Waals surface area contributed by atoms with Crippen LogP contribution in [0.1, 0.15) is 15.9 Å². The van der Waals surface area contributed by atoms with Crippen LogP contribution in [0.15, 0.2) is 36.5 Å². The predicted octanol–water partition coefficient (Wildman–Crippen LogP) is 2.17. The molecule has 140 valence electrons. The molecule has 1 fully saturated rings. The first-order chi connectivity index (χ1) is 12.9. The lowest BCUT2D eigenvalue weighted by Gasteiger charge is -2.35. The summed E-state index contributed by atoms with van der Waals surface area (Å²) in [6.07, 6.45) is 1.25. The molecule has 0 saturated carbocycles. The molecule has 1 amide bonds. The van der Waals surface area contributed by atoms with Gasteiger partial charge in [-0.2, -0.15) is 0 Å². The van der Waals surface area contributed by atoms with Gasteiger partial charge in [0, 0.05) is 49.4 Å². The Kier molecular flexibility index (Phi) is 4.97. The molecule has 0 aliphatic carbocycles. The Morgan fingerprint density at radius 3 is 2.19 bits per heavy atom. The Labute approximate surface area is 154 Å². The summed E-state index contributed by atoms with van der Waals surface area (Å²) in [7, 11) is 0. The number of piperazine rings is 1. The third-order valence-electron chi connectivity index (χ3n) is 4.48. The maximum Gasteiger partial charge on any atom is 0.290 e. The van der Waals surface area contributed by atoms with Crippen molar-refractivity contribution in [2.75, 3.05) is 31.1 Å². The Morgan fingerprint density at radius 1 is 1.04 bits per heavy atom. The van der Waals surface area contributed by atoms with Gasteiger partial charge in [-0.15, -0.1) is 0 Å². The zero-order valence-electron chi connectivity index (χ0n) is 14.6. The van der Waals surface area contributed by atoms with Gasteiger partial charge in [0.05, 0.1) is 9.85 Å². The lowest BCUT2D eigenvalue weighted by atomic mass is 10.1. The molecule has 1 aromatic carbocycles. The number of aryl methyl sites for hydroxylation is 1. The maximum absolute atomic E-state index is 12.5. The van der Waals surface area contributed by atoms with Crippen molar-refractivity contribution in [2.45, 2.75) is 6.92 Å². The van der Waals surface area contributed by atoms with E-state index in [-0.39, 0.29) is 17.3 Å². The molecule has 0 spiro atoms. The highest BCUT2D eigenvalue weighted by atomic mass is 16.6. The number of hydrogen-bond donors (Lipinski definition) is 0. The molecular weight excluding hydrogens is 354 g/mol. The quantitative estimate of drug-likeness (QED) is 0.596. The molecule has 1 aliphatic rings. The molecule has 10 nitrogen and oxygen atoms in total. The number of pyridine rings is 1. The lowest BCUT2D eigenvalue weighted by molar-refractivity contribution is -0.385. The number of aromatic nitrogens is 1. The molecule has 1 aromatic heterocycles. The molecule has 0 unspecified atom stereocenters. The zero-order valence-corrected chi connectivity index (χ0v) is 14.6. The summed E-state index contributed by atoms with van der Waals surface area (Å²) in [4.78, 5) is 41.0. The minimum Gasteiger partial charge on any atom is -0.353 e. The van der Waals surface area contributed by atoms with Gasteiger partial charge < -0.3 is 9.80 Å². The number of nitro groups is 2. The van der Waals surface area contributed by atoms with E-state index < -0.39 is 9.85 Å². The summed E-state index contributed by atoms with van der Waals surface area (Å²) >= 11 is 0. The average Bonchev–Trinajstić information content (AvgIpc) is 2.67. The van der Waals surface area contributed by atoms with Crippen LogP contribution in [0.4, 0.5) is 17.2 Å². The molecule has 3 rings (SSSR count). The number of anilines is 1. The van der Waals surface area contributed by atoms with Gasteiger partial charge in [0.2, 0.25) is 0 Å². The largest absolute Gasteiger partial charge is 0.353 e. The van der Waals surface area contributed by atoms with Crippen LogP contribution in [0.3, 0.4) is 0 Å². The fourth-order valence-electron chi connectivity index (χ4n) is 2.94. The number of nitrogens with zero attached hydrogens (tertiary/aromatic N) is 5. The number of hydrogen-bond acceptors (Lipinski definition) is 7. The average molecular weight is 371 g/mol. The topological polar surface area (TPSA) is 123 Å². The number of amides is 1. The van der Waals surface area contributed by atoms with Crippen molar-refractivity contribution in [3.05, 3.63) is 67.9 Å². The minimum atomic E-state index is -0.508. The van der Waals surface area contributed by atoms with Gasteiger partial charge in [0.25, 0.3) is 17.3 Å². The van der Waals surface area contributed by atoms with E-state index in [4.69, 9.17) is 0 Å². The van der Waals surface area contributed by atoms with Crippen LogP contribution in [-0.4, -0.2) is 51.8 Å². The van der Waals surface area contributed by atoms with Gasteiger partial charge in [-0.1, -0.05) is 0 Å². The normalized spacial score (nSPS) is 14.1. The molecule has 0 radical (unpaired) electrons. The van der Waals surface area contributed by atoms with Gasteiger partial charge in [0.1, 0.15) is 12.0 Å². The molecule has 0 N–H and O–H groups in total. The van der Waals surface area contributed by atoms with Crippen molar-refractivity contribution in [1.82, 2.24) is 9.88 Å². The minimum absolute atomic E-state index is 0.0225. The summed E-state index contributed by atoms with van der Waals surface area (Å²) in [6, 6.07) is 7.20. The third kappa shape index (κ3) is 3.84. The molecular formula is C17H17N5O5. The van der Waals surface area contributed by atoms with E-state index in [1.807, 2.05) is 4.90 Å². The van der Waals surface area contributed by atoms with E-state index in [1.165, 1.54) is 30.5 Å². The Balaban J connectivity index is 1.64. The first kappa shape index (κ1) is 18.2. The van der Waals surface area contributed by atoms with Crippen LogP contribution in [0.2, 0.25) is 0 Å². The Hall–Kier alpha value is -3.56. The fraction of sp³-hybridized carbons (Fsp3) is 0.294. The predicted molar refractivity (Wildman–Crippen MR) is 96.8 cm³/mol. The Morgan fingerprint density at radius 2 is 1.67 bits per heavy atom. The lowest BCUT2D eigenvalue weighted by Crippen LogP contribution is -2.49. The monoisotopic (exact) mass is 371 g/mol. The Bertz CT molecular complexity index is 891. The standard InChI is InChI=1S/C17H17N5O5/c1-12-10-16(18-11-15(12)22(26)27)19-6-8-20(9-7-19)17(23)13-2-4-14(5-3-13)21(24)25/h2-5,10-11H,6-9H2,1H3. The molecule has 2 heterocycles. The number of nitro benzene ring substituents is 1. The van der Waals surface area contributed by atoms with Crippen molar-refractivity contribution >= 4 is 23.1 Å². The highest BCUT2D eigenvalue weighted by Crippen LogP contribution is 2.22. The summed E-state index contributed by atoms with van der Waals surface area (Å²) < 4.78 is 0. The zero-order chi connectivity index (χ0) is 19.6. The molecule has 27 heavy (non-hydrogen) atoms. The molecule has 1 saturated heterocycles. The number of carbonyl (C=O) groups is 1. The van der Waals surface area contributed by atoms with Crippen molar-refractivity contribution in [3.8, 4) is 0 Å². The van der Waals surface area contributed by atoms with Gasteiger partial charge >= 0.3 is 0 Å². The maximum atomic E-state index is 12.5. The molecule has 1 aliphatic heterocycles. The van der Waals surface area contributed by atoms with E-state index in [1.54, 1.807) is 17.9 Å². The van der Waals surface area contributed by atoms with E-state index in [0.717, 1.165) is 0 Å². The van der Waals surface area contributed by atoms with Gasteiger partial charge in [-0.05, 0) is 25.1 Å². The summed E-state index contributed by atoms with van der Waals surface area (Å²) in [6.45, 7) is 3.69. The van der Waals surface area contributed by atoms with Crippen LogP contribution in [0, 0.1) is 27.2 Å². The SMILES string of the molecule is Cc1cc(N2CCN(C(=O)c3ccc([N+](=O)[O-])cc3)CC2)ncc1[N+](=O)[O-]. The van der Waals surface area contributed by atoms with Crippen molar-refractivity contribution in [1.29, 1.82) is 0 Å². The summed E-state index contributed by atoms with van der Waals surface area (Å²) in [5.41, 5.74) is 0.856. The second-order valence-electron chi connectivity index (χ2n) is 6.17. The van der Waals surface area contributed by atoms with Crippen LogP contribution >= 0.6 is 0 Å². The fourth-order valence-corrected chi connectivity index (χ4v) is 2.94. The second kappa shape index (κ2) is 7.36. The van der Waals surface area contributed by atoms with Gasteiger partial charge in [-0.25, -0.2) is 4.98 Å². The molecule has 0 bridgehead atoms.